The van der Waals surface area contributed by atoms with Gasteiger partial charge in [0, 0.05) is 17.5 Å². The van der Waals surface area contributed by atoms with Crippen LogP contribution in [0.1, 0.15) is 36.4 Å². The number of para-hydroxylation sites is 1. The maximum absolute atomic E-state index is 13.2. The molecule has 2 atom stereocenters. The number of fused-ring (bicyclic) bond motifs is 1. The van der Waals surface area contributed by atoms with Crippen LogP contribution in [-0.2, 0) is 0 Å². The lowest BCUT2D eigenvalue weighted by molar-refractivity contribution is 0.299. The van der Waals surface area contributed by atoms with Crippen LogP contribution in [0.2, 0.25) is 0 Å². The highest BCUT2D eigenvalue weighted by Gasteiger charge is 2.31. The highest BCUT2D eigenvalue weighted by atomic mass is 19.1. The lowest BCUT2D eigenvalue weighted by Crippen LogP contribution is -2.28. The minimum atomic E-state index is -0.198. The van der Waals surface area contributed by atoms with Crippen molar-refractivity contribution >= 4 is 0 Å². The summed E-state index contributed by atoms with van der Waals surface area (Å²) >= 11 is 0. The summed E-state index contributed by atoms with van der Waals surface area (Å²) in [6.07, 6.45) is 1.06. The first kappa shape index (κ1) is 14.1. The normalized spacial score (nSPS) is 18.1. The Bertz CT molecular complexity index is 596. The molecule has 0 amide bonds. The largest absolute Gasteiger partial charge is 0.493 e. The van der Waals surface area contributed by atoms with Crippen molar-refractivity contribution < 1.29 is 9.13 Å². The fourth-order valence-electron chi connectivity index (χ4n) is 2.93. The average Bonchev–Trinajstić information content (AvgIpc) is 2.93. The zero-order valence-corrected chi connectivity index (χ0v) is 12.2. The van der Waals surface area contributed by atoms with Crippen LogP contribution in [0.15, 0.2) is 48.5 Å². The molecule has 2 unspecified atom stereocenters. The molecular formula is C18H20FNO. The molecule has 3 heteroatoms. The lowest BCUT2D eigenvalue weighted by atomic mass is 9.88. The molecule has 0 saturated heterocycles. The molecule has 1 heterocycles. The van der Waals surface area contributed by atoms with Crippen LogP contribution in [0.3, 0.4) is 0 Å². The molecule has 0 fully saturated rings. The van der Waals surface area contributed by atoms with Crippen molar-refractivity contribution in [1.82, 2.24) is 5.32 Å². The van der Waals surface area contributed by atoms with E-state index in [0.717, 1.165) is 24.3 Å². The number of rotatable bonds is 5. The van der Waals surface area contributed by atoms with Gasteiger partial charge in [-0.1, -0.05) is 37.3 Å². The number of hydrogen-bond donors (Lipinski definition) is 1. The van der Waals surface area contributed by atoms with Crippen molar-refractivity contribution in [1.29, 1.82) is 0 Å². The summed E-state index contributed by atoms with van der Waals surface area (Å²) in [6.45, 7) is 3.74. The van der Waals surface area contributed by atoms with E-state index in [1.165, 1.54) is 17.7 Å². The summed E-state index contributed by atoms with van der Waals surface area (Å²) in [6, 6.07) is 15.1. The van der Waals surface area contributed by atoms with Gasteiger partial charge in [0.25, 0.3) is 0 Å². The highest BCUT2D eigenvalue weighted by molar-refractivity contribution is 5.42. The molecule has 0 aromatic heterocycles. The maximum Gasteiger partial charge on any atom is 0.123 e. The molecule has 110 valence electrons. The van der Waals surface area contributed by atoms with Gasteiger partial charge in [-0.05, 0) is 36.7 Å². The second kappa shape index (κ2) is 6.27. The second-order valence-corrected chi connectivity index (χ2v) is 5.44. The van der Waals surface area contributed by atoms with Crippen LogP contribution in [0.25, 0.3) is 0 Å². The topological polar surface area (TPSA) is 21.3 Å². The molecule has 3 rings (SSSR count). The van der Waals surface area contributed by atoms with Gasteiger partial charge in [-0.2, -0.15) is 0 Å². The Morgan fingerprint density at radius 2 is 1.95 bits per heavy atom. The fraction of sp³-hybridized carbons (Fsp3) is 0.333. The van der Waals surface area contributed by atoms with E-state index in [1.807, 2.05) is 30.3 Å². The summed E-state index contributed by atoms with van der Waals surface area (Å²) in [5, 5.41) is 3.59. The van der Waals surface area contributed by atoms with Gasteiger partial charge >= 0.3 is 0 Å². The molecule has 1 N–H and O–H groups in total. The average molecular weight is 285 g/mol. The van der Waals surface area contributed by atoms with Gasteiger partial charge in [-0.3, -0.25) is 0 Å². The van der Waals surface area contributed by atoms with E-state index in [4.69, 9.17) is 4.74 Å². The molecule has 0 aliphatic carbocycles. The predicted molar refractivity (Wildman–Crippen MR) is 82.1 cm³/mol. The van der Waals surface area contributed by atoms with Crippen LogP contribution in [0, 0.1) is 5.82 Å². The van der Waals surface area contributed by atoms with E-state index < -0.39 is 0 Å². The van der Waals surface area contributed by atoms with Gasteiger partial charge in [0.1, 0.15) is 11.6 Å². The quantitative estimate of drug-likeness (QED) is 0.895. The summed E-state index contributed by atoms with van der Waals surface area (Å²) in [7, 11) is 0. The second-order valence-electron chi connectivity index (χ2n) is 5.44. The number of benzene rings is 2. The highest BCUT2D eigenvalue weighted by Crippen LogP contribution is 2.41. The van der Waals surface area contributed by atoms with Gasteiger partial charge in [0.2, 0.25) is 0 Å². The SMILES string of the molecule is CCCNC(c1ccc(F)cc1)C1COc2ccccc21. The first-order chi connectivity index (χ1) is 10.3. The van der Waals surface area contributed by atoms with Crippen molar-refractivity contribution in [2.75, 3.05) is 13.2 Å². The van der Waals surface area contributed by atoms with Crippen molar-refractivity contribution in [3.05, 3.63) is 65.5 Å². The van der Waals surface area contributed by atoms with Crippen LogP contribution >= 0.6 is 0 Å². The molecule has 0 radical (unpaired) electrons. The zero-order chi connectivity index (χ0) is 14.7. The number of nitrogens with one attached hydrogen (secondary N) is 1. The first-order valence-electron chi connectivity index (χ1n) is 7.50. The van der Waals surface area contributed by atoms with E-state index in [1.54, 1.807) is 0 Å². The minimum Gasteiger partial charge on any atom is -0.493 e. The van der Waals surface area contributed by atoms with Crippen molar-refractivity contribution in [2.45, 2.75) is 25.3 Å². The lowest BCUT2D eigenvalue weighted by Gasteiger charge is -2.24. The number of ether oxygens (including phenoxy) is 1. The van der Waals surface area contributed by atoms with Crippen LogP contribution in [0.5, 0.6) is 5.75 Å². The zero-order valence-electron chi connectivity index (χ0n) is 12.2. The Morgan fingerprint density at radius 3 is 2.71 bits per heavy atom. The molecule has 2 aromatic rings. The summed E-state index contributed by atoms with van der Waals surface area (Å²) in [5.74, 6) is 1.03. The maximum atomic E-state index is 13.2. The summed E-state index contributed by atoms with van der Waals surface area (Å²) < 4.78 is 19.0. The molecular weight excluding hydrogens is 265 g/mol. The smallest absolute Gasteiger partial charge is 0.123 e. The van der Waals surface area contributed by atoms with Gasteiger partial charge in [-0.25, -0.2) is 4.39 Å². The van der Waals surface area contributed by atoms with Crippen molar-refractivity contribution in [3.8, 4) is 5.75 Å². The Labute approximate surface area is 125 Å². The van der Waals surface area contributed by atoms with Crippen LogP contribution in [0.4, 0.5) is 4.39 Å². The number of hydrogen-bond acceptors (Lipinski definition) is 2. The molecule has 0 bridgehead atoms. The van der Waals surface area contributed by atoms with Crippen molar-refractivity contribution in [2.24, 2.45) is 0 Å². The molecule has 1 aliphatic rings. The van der Waals surface area contributed by atoms with Crippen LogP contribution < -0.4 is 10.1 Å². The molecule has 2 aromatic carbocycles. The third-order valence-corrected chi connectivity index (χ3v) is 3.98. The van der Waals surface area contributed by atoms with Gasteiger partial charge in [0.15, 0.2) is 0 Å². The first-order valence-corrected chi connectivity index (χ1v) is 7.50. The Balaban J connectivity index is 1.91. The van der Waals surface area contributed by atoms with Gasteiger partial charge in [-0.15, -0.1) is 0 Å². The Morgan fingerprint density at radius 1 is 1.19 bits per heavy atom. The minimum absolute atomic E-state index is 0.147. The van der Waals surface area contributed by atoms with Crippen molar-refractivity contribution in [3.63, 3.8) is 0 Å². The van der Waals surface area contributed by atoms with E-state index in [-0.39, 0.29) is 17.8 Å². The summed E-state index contributed by atoms with van der Waals surface area (Å²) in [4.78, 5) is 0. The Kier molecular flexibility index (Phi) is 4.20. The number of halogens is 1. The molecule has 1 aliphatic heterocycles. The third kappa shape index (κ3) is 2.93. The molecule has 0 spiro atoms. The fourth-order valence-corrected chi connectivity index (χ4v) is 2.93. The molecule has 2 nitrogen and oxygen atoms in total. The monoisotopic (exact) mass is 285 g/mol. The predicted octanol–water partition coefficient (Wildman–Crippen LogP) is 4.04. The molecule has 0 saturated carbocycles. The molecule has 21 heavy (non-hydrogen) atoms. The summed E-state index contributed by atoms with van der Waals surface area (Å²) in [5.41, 5.74) is 2.34. The third-order valence-electron chi connectivity index (χ3n) is 3.98. The van der Waals surface area contributed by atoms with E-state index >= 15 is 0 Å². The van der Waals surface area contributed by atoms with E-state index in [0.29, 0.717) is 6.61 Å². The Hall–Kier alpha value is -1.87. The van der Waals surface area contributed by atoms with Gasteiger partial charge < -0.3 is 10.1 Å². The van der Waals surface area contributed by atoms with E-state index in [2.05, 4.69) is 18.3 Å². The van der Waals surface area contributed by atoms with E-state index in [9.17, 15) is 4.39 Å². The van der Waals surface area contributed by atoms with Gasteiger partial charge in [0.05, 0.1) is 6.61 Å². The standard InChI is InChI=1S/C18H20FNO/c1-2-11-20-18(13-7-9-14(19)10-8-13)16-12-21-17-6-4-3-5-15(16)17/h3-10,16,18,20H,2,11-12H2,1H3. The van der Waals surface area contributed by atoms with Crippen LogP contribution in [-0.4, -0.2) is 13.2 Å².